The van der Waals surface area contributed by atoms with E-state index in [-0.39, 0.29) is 25.0 Å². The summed E-state index contributed by atoms with van der Waals surface area (Å²) >= 11 is 0. The molecule has 0 aromatic heterocycles. The number of ether oxygens (including phenoxy) is 1. The maximum Gasteiger partial charge on any atom is 0.225 e. The second-order valence-electron chi connectivity index (χ2n) is 3.79. The molecule has 1 unspecified atom stereocenters. The van der Waals surface area contributed by atoms with Crippen molar-refractivity contribution in [3.8, 4) is 5.75 Å². The van der Waals surface area contributed by atoms with Crippen molar-refractivity contribution >= 4 is 11.6 Å². The molecule has 17 heavy (non-hydrogen) atoms. The molecule has 1 aromatic carbocycles. The highest BCUT2D eigenvalue weighted by atomic mass is 19.1. The normalized spacial score (nSPS) is 11.9. The molecule has 0 aliphatic rings. The van der Waals surface area contributed by atoms with Crippen molar-refractivity contribution in [1.29, 1.82) is 0 Å². The Morgan fingerprint density at radius 2 is 2.35 bits per heavy atom. The van der Waals surface area contributed by atoms with E-state index in [4.69, 9.17) is 10.5 Å². The van der Waals surface area contributed by atoms with Gasteiger partial charge in [0.25, 0.3) is 0 Å². The predicted octanol–water partition coefficient (Wildman–Crippen LogP) is 1.71. The number of halogens is 1. The molecule has 0 radical (unpaired) electrons. The average molecular weight is 240 g/mol. The Labute approximate surface area is 100.0 Å². The van der Waals surface area contributed by atoms with E-state index < -0.39 is 6.67 Å². The summed E-state index contributed by atoms with van der Waals surface area (Å²) in [5.74, 6) is 0.379. The van der Waals surface area contributed by atoms with E-state index in [2.05, 4.69) is 5.32 Å². The van der Waals surface area contributed by atoms with Gasteiger partial charge in [0.1, 0.15) is 19.0 Å². The molecule has 0 fully saturated rings. The summed E-state index contributed by atoms with van der Waals surface area (Å²) in [5, 5.41) is 2.70. The van der Waals surface area contributed by atoms with E-state index >= 15 is 0 Å². The standard InChI is InChI=1S/C12H17FN2O2/c1-9(14)7-12(16)15-10-3-2-4-11(8-10)17-6-5-13/h2-4,8-9H,5-7,14H2,1H3,(H,15,16). The van der Waals surface area contributed by atoms with Gasteiger partial charge in [-0.2, -0.15) is 0 Å². The van der Waals surface area contributed by atoms with Crippen LogP contribution in [0, 0.1) is 0 Å². The number of amides is 1. The lowest BCUT2D eigenvalue weighted by atomic mass is 10.2. The minimum atomic E-state index is -0.540. The third-order valence-corrected chi connectivity index (χ3v) is 1.97. The summed E-state index contributed by atoms with van der Waals surface area (Å²) in [6.45, 7) is 1.23. The molecule has 1 amide bonds. The van der Waals surface area contributed by atoms with Crippen molar-refractivity contribution in [2.24, 2.45) is 5.73 Å². The lowest BCUT2D eigenvalue weighted by Gasteiger charge is -2.09. The van der Waals surface area contributed by atoms with Gasteiger partial charge >= 0.3 is 0 Å². The summed E-state index contributed by atoms with van der Waals surface area (Å²) < 4.78 is 17.0. The fourth-order valence-electron chi connectivity index (χ4n) is 1.32. The van der Waals surface area contributed by atoms with E-state index in [1.165, 1.54) is 0 Å². The van der Waals surface area contributed by atoms with Crippen LogP contribution in [0.3, 0.4) is 0 Å². The van der Waals surface area contributed by atoms with Gasteiger partial charge < -0.3 is 15.8 Å². The number of anilines is 1. The largest absolute Gasteiger partial charge is 0.491 e. The fourth-order valence-corrected chi connectivity index (χ4v) is 1.32. The zero-order valence-electron chi connectivity index (χ0n) is 9.78. The third kappa shape index (κ3) is 5.31. The number of rotatable bonds is 6. The van der Waals surface area contributed by atoms with E-state index in [9.17, 15) is 9.18 Å². The lowest BCUT2D eigenvalue weighted by molar-refractivity contribution is -0.116. The van der Waals surface area contributed by atoms with Gasteiger partial charge in [0.15, 0.2) is 0 Å². The first-order valence-corrected chi connectivity index (χ1v) is 5.46. The lowest BCUT2D eigenvalue weighted by Crippen LogP contribution is -2.23. The Morgan fingerprint density at radius 3 is 3.00 bits per heavy atom. The third-order valence-electron chi connectivity index (χ3n) is 1.97. The molecule has 1 aromatic rings. The van der Waals surface area contributed by atoms with Crippen LogP contribution < -0.4 is 15.8 Å². The highest BCUT2D eigenvalue weighted by molar-refractivity contribution is 5.91. The minimum absolute atomic E-state index is 0.0111. The number of carbonyl (C=O) groups excluding carboxylic acids is 1. The van der Waals surface area contributed by atoms with Crippen LogP contribution in [0.2, 0.25) is 0 Å². The van der Waals surface area contributed by atoms with Gasteiger partial charge in [-0.25, -0.2) is 4.39 Å². The van der Waals surface area contributed by atoms with Crippen molar-refractivity contribution in [1.82, 2.24) is 0 Å². The summed E-state index contributed by atoms with van der Waals surface area (Å²) in [7, 11) is 0. The fraction of sp³-hybridized carbons (Fsp3) is 0.417. The van der Waals surface area contributed by atoms with Crippen LogP contribution in [0.1, 0.15) is 13.3 Å². The summed E-state index contributed by atoms with van der Waals surface area (Å²) in [5.41, 5.74) is 6.13. The van der Waals surface area contributed by atoms with Crippen LogP contribution in [-0.2, 0) is 4.79 Å². The number of hydrogen-bond donors (Lipinski definition) is 2. The van der Waals surface area contributed by atoms with Crippen molar-refractivity contribution in [3.63, 3.8) is 0 Å². The molecule has 0 aliphatic carbocycles. The van der Waals surface area contributed by atoms with Gasteiger partial charge in [0.05, 0.1) is 0 Å². The van der Waals surface area contributed by atoms with E-state index in [1.807, 2.05) is 0 Å². The maximum absolute atomic E-state index is 11.9. The van der Waals surface area contributed by atoms with Crippen LogP contribution in [0.25, 0.3) is 0 Å². The van der Waals surface area contributed by atoms with Crippen LogP contribution in [0.15, 0.2) is 24.3 Å². The Morgan fingerprint density at radius 1 is 1.59 bits per heavy atom. The molecule has 3 N–H and O–H groups in total. The zero-order chi connectivity index (χ0) is 12.7. The molecule has 1 rings (SSSR count). The summed E-state index contributed by atoms with van der Waals surface area (Å²) in [6, 6.07) is 6.64. The first kappa shape index (κ1) is 13.4. The van der Waals surface area contributed by atoms with Crippen LogP contribution >= 0.6 is 0 Å². The quantitative estimate of drug-likeness (QED) is 0.795. The molecule has 0 aliphatic heterocycles. The Bertz CT molecular complexity index is 369. The first-order valence-electron chi connectivity index (χ1n) is 5.46. The monoisotopic (exact) mass is 240 g/mol. The number of nitrogens with two attached hydrogens (primary N) is 1. The Hall–Kier alpha value is -1.62. The molecular weight excluding hydrogens is 223 g/mol. The first-order chi connectivity index (χ1) is 8.11. The Kier molecular flexibility index (Phi) is 5.42. The summed E-state index contributed by atoms with van der Waals surface area (Å²) in [4.78, 5) is 11.5. The van der Waals surface area contributed by atoms with Crippen molar-refractivity contribution < 1.29 is 13.9 Å². The van der Waals surface area contributed by atoms with Gasteiger partial charge in [-0.1, -0.05) is 6.07 Å². The van der Waals surface area contributed by atoms with E-state index in [0.717, 1.165) is 0 Å². The van der Waals surface area contributed by atoms with Crippen molar-refractivity contribution in [2.45, 2.75) is 19.4 Å². The van der Waals surface area contributed by atoms with Gasteiger partial charge in [-0.3, -0.25) is 4.79 Å². The van der Waals surface area contributed by atoms with Crippen LogP contribution in [0.5, 0.6) is 5.75 Å². The molecule has 94 valence electrons. The number of benzene rings is 1. The smallest absolute Gasteiger partial charge is 0.225 e. The highest BCUT2D eigenvalue weighted by Gasteiger charge is 2.05. The van der Waals surface area contributed by atoms with E-state index in [1.54, 1.807) is 31.2 Å². The molecule has 0 bridgehead atoms. The maximum atomic E-state index is 11.9. The van der Waals surface area contributed by atoms with Crippen molar-refractivity contribution in [3.05, 3.63) is 24.3 Å². The van der Waals surface area contributed by atoms with Crippen LogP contribution in [-0.4, -0.2) is 25.2 Å². The second-order valence-corrected chi connectivity index (χ2v) is 3.79. The summed E-state index contributed by atoms with van der Waals surface area (Å²) in [6.07, 6.45) is 0.259. The molecule has 5 heteroatoms. The highest BCUT2D eigenvalue weighted by Crippen LogP contribution is 2.17. The average Bonchev–Trinajstić information content (AvgIpc) is 2.25. The zero-order valence-corrected chi connectivity index (χ0v) is 9.78. The second kappa shape index (κ2) is 6.85. The minimum Gasteiger partial charge on any atom is -0.491 e. The molecule has 0 saturated carbocycles. The predicted molar refractivity (Wildman–Crippen MR) is 64.8 cm³/mol. The molecule has 4 nitrogen and oxygen atoms in total. The van der Waals surface area contributed by atoms with Gasteiger partial charge in [0.2, 0.25) is 5.91 Å². The molecular formula is C12H17FN2O2. The molecule has 0 saturated heterocycles. The SMILES string of the molecule is CC(N)CC(=O)Nc1cccc(OCCF)c1. The molecule has 1 atom stereocenters. The van der Waals surface area contributed by atoms with Gasteiger partial charge in [-0.05, 0) is 19.1 Å². The van der Waals surface area contributed by atoms with Crippen molar-refractivity contribution in [2.75, 3.05) is 18.6 Å². The molecule has 0 heterocycles. The van der Waals surface area contributed by atoms with E-state index in [0.29, 0.717) is 11.4 Å². The topological polar surface area (TPSA) is 64.4 Å². The van der Waals surface area contributed by atoms with Gasteiger partial charge in [0, 0.05) is 24.2 Å². The molecule has 0 spiro atoms. The number of hydrogen-bond acceptors (Lipinski definition) is 3. The number of carbonyl (C=O) groups is 1. The number of alkyl halides is 1. The van der Waals surface area contributed by atoms with Crippen LogP contribution in [0.4, 0.5) is 10.1 Å². The Balaban J connectivity index is 2.56. The number of nitrogens with one attached hydrogen (secondary N) is 1. The van der Waals surface area contributed by atoms with Gasteiger partial charge in [-0.15, -0.1) is 0 Å².